The summed E-state index contributed by atoms with van der Waals surface area (Å²) in [7, 11) is -4.17. The van der Waals surface area contributed by atoms with E-state index in [0.29, 0.717) is 16.9 Å². The zero-order chi connectivity index (χ0) is 25.7. The van der Waals surface area contributed by atoms with Crippen LogP contribution in [0.15, 0.2) is 49.4 Å². The van der Waals surface area contributed by atoms with Crippen LogP contribution in [0.4, 0.5) is 14.6 Å². The van der Waals surface area contributed by atoms with Crippen molar-refractivity contribution < 1.29 is 36.8 Å². The number of halogens is 2. The van der Waals surface area contributed by atoms with Gasteiger partial charge in [0.05, 0.1) is 36.2 Å². The van der Waals surface area contributed by atoms with E-state index in [-0.39, 0.29) is 25.2 Å². The number of nitrogen functional groups attached to an aromatic ring is 1. The molecule has 0 aliphatic carbocycles. The number of hydrogen-bond acceptors (Lipinski definition) is 9. The number of phosphoric ester groups is 1. The van der Waals surface area contributed by atoms with Crippen LogP contribution in [-0.2, 0) is 22.9 Å². The van der Waals surface area contributed by atoms with Gasteiger partial charge in [0.15, 0.2) is 11.6 Å². The van der Waals surface area contributed by atoms with Crippen LogP contribution in [0.2, 0.25) is 0 Å². The van der Waals surface area contributed by atoms with Crippen LogP contribution in [-0.4, -0.2) is 45.1 Å². The molecule has 0 radical (unpaired) electrons. The molecule has 0 bridgehead atoms. The number of aliphatic hydroxyl groups excluding tert-OH is 1. The van der Waals surface area contributed by atoms with Gasteiger partial charge >= 0.3 is 7.82 Å². The largest absolute Gasteiger partial charge is 0.475 e. The number of ether oxygens (including phenoxy) is 1. The molecule has 2 aromatic heterocycles. The summed E-state index contributed by atoms with van der Waals surface area (Å²) in [6.45, 7) is 5.18. The number of aliphatic hydroxyl groups is 1. The molecule has 2 saturated heterocycles. The summed E-state index contributed by atoms with van der Waals surface area (Å²) >= 11 is 0. The number of nitrogens with two attached hydrogens (primary N) is 1. The first kappa shape index (κ1) is 24.9. The maximum Gasteiger partial charge on any atom is 0.475 e. The van der Waals surface area contributed by atoms with E-state index < -0.39 is 49.4 Å². The van der Waals surface area contributed by atoms with Crippen LogP contribution in [0.1, 0.15) is 31.2 Å². The maximum atomic E-state index is 14.3. The minimum absolute atomic E-state index is 0.0601. The first-order chi connectivity index (χ1) is 17.2. The summed E-state index contributed by atoms with van der Waals surface area (Å²) in [5, 5.41) is 11.7. The van der Waals surface area contributed by atoms with Gasteiger partial charge in [-0.05, 0) is 19.1 Å². The molecule has 1 unspecified atom stereocenters. The predicted octanol–water partition coefficient (Wildman–Crippen LogP) is 4.05. The molecule has 4 heterocycles. The Morgan fingerprint density at radius 2 is 2.19 bits per heavy atom. The molecule has 0 amide bonds. The number of fused-ring (bicyclic) bond motifs is 1. The number of benzene rings is 1. The van der Waals surface area contributed by atoms with Gasteiger partial charge in [0, 0.05) is 18.2 Å². The molecular formula is C23H25F2N4O6P. The Labute approximate surface area is 205 Å². The zero-order valence-electron chi connectivity index (χ0n) is 19.3. The van der Waals surface area contributed by atoms with Gasteiger partial charge in [0.25, 0.3) is 0 Å². The third kappa shape index (κ3) is 4.13. The Kier molecular flexibility index (Phi) is 6.44. The number of nitrogens with zero attached hydrogens (tertiary/aromatic N) is 3. The Bertz CT molecular complexity index is 1360. The lowest BCUT2D eigenvalue weighted by Gasteiger charge is -2.31. The first-order valence-corrected chi connectivity index (χ1v) is 12.7. The minimum Gasteiger partial charge on any atom is -0.389 e. The lowest BCUT2D eigenvalue weighted by atomic mass is 9.82. The van der Waals surface area contributed by atoms with E-state index in [9.17, 15) is 18.5 Å². The molecule has 3 N–H and O–H groups in total. The first-order valence-electron chi connectivity index (χ1n) is 11.2. The highest BCUT2D eigenvalue weighted by atomic mass is 31.2. The summed E-state index contributed by atoms with van der Waals surface area (Å²) in [5.41, 5.74) is 5.37. The predicted molar refractivity (Wildman–Crippen MR) is 124 cm³/mol. The molecule has 1 aromatic carbocycles. The van der Waals surface area contributed by atoms with Gasteiger partial charge in [0.2, 0.25) is 0 Å². The van der Waals surface area contributed by atoms with E-state index in [1.54, 1.807) is 29.8 Å². The molecule has 2 fully saturated rings. The highest BCUT2D eigenvalue weighted by Gasteiger charge is 2.53. The molecule has 0 saturated carbocycles. The Morgan fingerprint density at radius 3 is 2.97 bits per heavy atom. The molecule has 2 aliphatic rings. The van der Waals surface area contributed by atoms with E-state index >= 15 is 0 Å². The summed E-state index contributed by atoms with van der Waals surface area (Å²) in [6.07, 6.45) is 0.892. The molecule has 3 aromatic rings. The van der Waals surface area contributed by atoms with Crippen LogP contribution in [0.25, 0.3) is 11.0 Å². The fraction of sp³-hybridized carbons (Fsp3) is 0.391. The van der Waals surface area contributed by atoms with Crippen LogP contribution in [0.5, 0.6) is 0 Å². The lowest BCUT2D eigenvalue weighted by molar-refractivity contribution is -0.0555. The summed E-state index contributed by atoms with van der Waals surface area (Å²) in [5.74, 6) is -1.83. The molecule has 36 heavy (non-hydrogen) atoms. The van der Waals surface area contributed by atoms with Crippen molar-refractivity contribution in [2.24, 2.45) is 5.41 Å². The van der Waals surface area contributed by atoms with Crippen molar-refractivity contribution in [3.63, 3.8) is 0 Å². The maximum absolute atomic E-state index is 14.3. The number of aromatic nitrogens is 3. The van der Waals surface area contributed by atoms with Crippen molar-refractivity contribution in [2.45, 2.75) is 37.9 Å². The second kappa shape index (κ2) is 9.29. The average Bonchev–Trinajstić information content (AvgIpc) is 3.40. The van der Waals surface area contributed by atoms with Gasteiger partial charge in [-0.2, -0.15) is 0 Å². The van der Waals surface area contributed by atoms with Gasteiger partial charge in [-0.15, -0.1) is 6.58 Å². The monoisotopic (exact) mass is 522 g/mol. The van der Waals surface area contributed by atoms with Gasteiger partial charge in [-0.25, -0.2) is 23.3 Å². The highest BCUT2D eigenvalue weighted by Crippen LogP contribution is 2.58. The van der Waals surface area contributed by atoms with Crippen LogP contribution < -0.4 is 5.73 Å². The summed E-state index contributed by atoms with van der Waals surface area (Å²) in [6, 6.07) is 5.40. The van der Waals surface area contributed by atoms with Crippen molar-refractivity contribution in [1.29, 1.82) is 0 Å². The van der Waals surface area contributed by atoms with Crippen molar-refractivity contribution in [3.05, 3.63) is 66.6 Å². The summed E-state index contributed by atoms with van der Waals surface area (Å²) < 4.78 is 65.1. The van der Waals surface area contributed by atoms with E-state index in [2.05, 4.69) is 16.5 Å². The third-order valence-corrected chi connectivity index (χ3v) is 8.15. The third-order valence-electron chi connectivity index (χ3n) is 6.67. The molecule has 10 nitrogen and oxygen atoms in total. The van der Waals surface area contributed by atoms with Gasteiger partial charge in [-0.1, -0.05) is 18.2 Å². The molecule has 5 rings (SSSR count). The van der Waals surface area contributed by atoms with E-state index in [0.717, 1.165) is 6.07 Å². The van der Waals surface area contributed by atoms with Gasteiger partial charge in [-0.3, -0.25) is 13.6 Å². The normalized spacial score (nSPS) is 32.7. The van der Waals surface area contributed by atoms with Gasteiger partial charge in [0.1, 0.15) is 30.1 Å². The van der Waals surface area contributed by atoms with E-state index in [1.165, 1.54) is 18.5 Å². The molecular weight excluding hydrogens is 497 g/mol. The molecule has 2 aliphatic heterocycles. The van der Waals surface area contributed by atoms with Crippen molar-refractivity contribution in [2.75, 3.05) is 18.9 Å². The quantitative estimate of drug-likeness (QED) is 0.364. The molecule has 13 heteroatoms. The van der Waals surface area contributed by atoms with E-state index in [1.807, 2.05) is 0 Å². The lowest BCUT2D eigenvalue weighted by Crippen LogP contribution is -2.37. The second-order valence-electron chi connectivity index (χ2n) is 8.86. The summed E-state index contributed by atoms with van der Waals surface area (Å²) in [4.78, 5) is 8.26. The van der Waals surface area contributed by atoms with Crippen molar-refractivity contribution in [1.82, 2.24) is 14.5 Å². The van der Waals surface area contributed by atoms with Crippen molar-refractivity contribution >= 4 is 24.7 Å². The Balaban J connectivity index is 1.34. The molecule has 6 atom stereocenters. The average molecular weight is 522 g/mol. The van der Waals surface area contributed by atoms with Crippen LogP contribution in [0.3, 0.4) is 0 Å². The number of anilines is 1. The smallest absolute Gasteiger partial charge is 0.389 e. The van der Waals surface area contributed by atoms with Crippen LogP contribution >= 0.6 is 7.82 Å². The van der Waals surface area contributed by atoms with Gasteiger partial charge < -0.3 is 20.1 Å². The zero-order valence-corrected chi connectivity index (χ0v) is 20.2. The van der Waals surface area contributed by atoms with Crippen molar-refractivity contribution in [3.8, 4) is 0 Å². The van der Waals surface area contributed by atoms with Crippen LogP contribution in [0, 0.1) is 17.0 Å². The molecule has 0 spiro atoms. The van der Waals surface area contributed by atoms with E-state index in [4.69, 9.17) is 24.0 Å². The fourth-order valence-electron chi connectivity index (χ4n) is 4.55. The Morgan fingerprint density at radius 1 is 1.39 bits per heavy atom. The minimum atomic E-state index is -4.17. The highest BCUT2D eigenvalue weighted by molar-refractivity contribution is 7.48. The standard InChI is InChI=1S/C23H25F2N4O6P/c1-3-23(2)19(30)17(34-22(23)29-9-7-14-20(26)27-12-28-21(14)29)11-33-36(31)32-10-8-16(35-36)13-5-4-6-15(24)18(13)25/h3-7,9,12,16-17,19,22,30H,1,8,10-11H2,2H3,(H2,26,27,28)/t16-,17?,19-,22-,23-,36+/m1/s1. The second-order valence-corrected chi connectivity index (χ2v) is 10.5. The number of hydrogen-bond donors (Lipinski definition) is 2. The molecule has 192 valence electrons. The topological polar surface area (TPSA) is 131 Å². The Hall–Kier alpha value is -2.73. The number of phosphoric acid groups is 1. The SMILES string of the molecule is C=C[C@]1(C)[C@H](O)C(CO[P@]2(=O)OCC[C@H](c3cccc(F)c3F)O2)O[C@H]1n1ccc2c(N)ncnc21. The fourth-order valence-corrected chi connectivity index (χ4v) is 5.94. The number of rotatable bonds is 6.